The minimum Gasteiger partial charge on any atom is -0.489 e. The average molecular weight is 413 g/mol. The topological polar surface area (TPSA) is 50.7 Å². The van der Waals surface area contributed by atoms with Gasteiger partial charge >= 0.3 is 0 Å². The van der Waals surface area contributed by atoms with Crippen molar-refractivity contribution in [2.24, 2.45) is 10.9 Å². The molecular weight excluding hydrogens is 384 g/mol. The van der Waals surface area contributed by atoms with Gasteiger partial charge in [0.2, 0.25) is 0 Å². The molecule has 4 rings (SSSR count). The molecule has 2 unspecified atom stereocenters. The maximum Gasteiger partial charge on any atom is 0.269 e. The highest BCUT2D eigenvalue weighted by molar-refractivity contribution is 6.45. The summed E-state index contributed by atoms with van der Waals surface area (Å²) >= 11 is 0. The first-order valence-corrected chi connectivity index (χ1v) is 10.7. The average Bonchev–Trinajstić information content (AvgIpc) is 3.14. The van der Waals surface area contributed by atoms with Crippen LogP contribution in [0.25, 0.3) is 0 Å². The molecule has 3 aromatic rings. The number of carbonyl (C=O) groups excluding carboxylic acids is 1. The Morgan fingerprint density at radius 1 is 1.03 bits per heavy atom. The van der Waals surface area contributed by atoms with Gasteiger partial charge in [0.25, 0.3) is 5.91 Å². The maximum atomic E-state index is 12.2. The Kier molecular flexibility index (Phi) is 6.17. The fraction of sp³-hybridized carbons (Fsp3) is 0.259. The summed E-state index contributed by atoms with van der Waals surface area (Å²) in [6.45, 7) is 2.69. The third-order valence-corrected chi connectivity index (χ3v) is 6.07. The first-order valence-electron chi connectivity index (χ1n) is 10.7. The number of aliphatic imine (C=N–C) groups is 1. The van der Waals surface area contributed by atoms with Crippen molar-refractivity contribution in [3.05, 3.63) is 101 Å². The number of benzene rings is 3. The highest BCUT2D eigenvalue weighted by Crippen LogP contribution is 2.42. The number of nitrogens with zero attached hydrogens (tertiary/aromatic N) is 1. The lowest BCUT2D eigenvalue weighted by Gasteiger charge is -2.18. The van der Waals surface area contributed by atoms with E-state index in [1.54, 1.807) is 14.1 Å². The zero-order valence-corrected chi connectivity index (χ0v) is 18.3. The first-order chi connectivity index (χ1) is 15.1. The molecule has 1 N–H and O–H groups in total. The predicted octanol–water partition coefficient (Wildman–Crippen LogP) is 4.75. The summed E-state index contributed by atoms with van der Waals surface area (Å²) in [7, 11) is 3.24. The Morgan fingerprint density at radius 2 is 1.74 bits per heavy atom. The van der Waals surface area contributed by atoms with Crippen molar-refractivity contribution in [1.29, 1.82) is 0 Å². The molecule has 1 aliphatic rings. The number of amides is 1. The number of likely N-dealkylation sites (N-methyl/N-ethyl adjacent to an activating group) is 1. The second-order valence-electron chi connectivity index (χ2n) is 8.02. The lowest BCUT2D eigenvalue weighted by Crippen LogP contribution is -2.29. The largest absolute Gasteiger partial charge is 0.489 e. The lowest BCUT2D eigenvalue weighted by molar-refractivity contribution is -0.114. The van der Waals surface area contributed by atoms with E-state index in [0.29, 0.717) is 24.2 Å². The Hall–Kier alpha value is -3.40. The highest BCUT2D eigenvalue weighted by Gasteiger charge is 2.30. The Morgan fingerprint density at radius 3 is 2.48 bits per heavy atom. The summed E-state index contributed by atoms with van der Waals surface area (Å²) in [5.41, 5.74) is 6.35. The quantitative estimate of drug-likeness (QED) is 0.594. The van der Waals surface area contributed by atoms with Crippen LogP contribution in [-0.4, -0.2) is 25.7 Å². The van der Waals surface area contributed by atoms with Gasteiger partial charge in [-0.2, -0.15) is 0 Å². The van der Waals surface area contributed by atoms with Gasteiger partial charge in [-0.1, -0.05) is 67.6 Å². The van der Waals surface area contributed by atoms with Gasteiger partial charge in [0.1, 0.15) is 18.1 Å². The van der Waals surface area contributed by atoms with Crippen LogP contribution in [0.15, 0.2) is 77.8 Å². The number of carbonyl (C=O) groups is 1. The summed E-state index contributed by atoms with van der Waals surface area (Å²) in [6.07, 6.45) is 1.13. The molecule has 4 nitrogen and oxygen atoms in total. The van der Waals surface area contributed by atoms with Crippen molar-refractivity contribution in [1.82, 2.24) is 5.32 Å². The van der Waals surface area contributed by atoms with Crippen LogP contribution in [0.4, 0.5) is 0 Å². The van der Waals surface area contributed by atoms with Gasteiger partial charge in [0.15, 0.2) is 0 Å². The molecule has 0 spiro atoms. The van der Waals surface area contributed by atoms with Crippen molar-refractivity contribution >= 4 is 11.6 Å². The summed E-state index contributed by atoms with van der Waals surface area (Å²) in [5.74, 6) is 1.63. The summed E-state index contributed by atoms with van der Waals surface area (Å²) in [6, 6.07) is 24.9. The predicted molar refractivity (Wildman–Crippen MR) is 125 cm³/mol. The molecule has 0 aliphatic heterocycles. The lowest BCUT2D eigenvalue weighted by atomic mass is 9.87. The molecule has 0 heterocycles. The van der Waals surface area contributed by atoms with E-state index in [1.807, 2.05) is 36.4 Å². The molecule has 0 saturated heterocycles. The zero-order valence-electron chi connectivity index (χ0n) is 18.3. The van der Waals surface area contributed by atoms with Crippen LogP contribution in [0.5, 0.6) is 5.75 Å². The summed E-state index contributed by atoms with van der Waals surface area (Å²) < 4.78 is 6.07. The third-order valence-electron chi connectivity index (χ3n) is 6.07. The molecule has 0 bridgehead atoms. The Balaban J connectivity index is 1.50. The molecule has 0 aromatic heterocycles. The number of fused-ring (bicyclic) bond motifs is 1. The molecule has 1 aliphatic carbocycles. The van der Waals surface area contributed by atoms with Gasteiger partial charge in [0.05, 0.1) is 0 Å². The van der Waals surface area contributed by atoms with Crippen molar-refractivity contribution in [3.63, 3.8) is 0 Å². The fourth-order valence-electron chi connectivity index (χ4n) is 4.58. The van der Waals surface area contributed by atoms with Crippen LogP contribution in [0.3, 0.4) is 0 Å². The number of ether oxygens (including phenoxy) is 1. The van der Waals surface area contributed by atoms with Crippen molar-refractivity contribution in [3.8, 4) is 5.75 Å². The molecule has 0 saturated carbocycles. The molecular formula is C27H28N2O2. The second kappa shape index (κ2) is 9.17. The van der Waals surface area contributed by atoms with Gasteiger partial charge in [-0.3, -0.25) is 9.79 Å². The Labute approximate surface area is 184 Å². The van der Waals surface area contributed by atoms with E-state index in [-0.39, 0.29) is 5.91 Å². The number of nitrogens with one attached hydrogen (secondary N) is 1. The SMILES string of the molecule is CN=C(C(=O)NC)c1ccccc1COc1ccc(C2c3ccccc3CC2C)cc1. The van der Waals surface area contributed by atoms with Crippen molar-refractivity contribution < 1.29 is 9.53 Å². The van der Waals surface area contributed by atoms with Crippen LogP contribution in [0, 0.1) is 5.92 Å². The normalized spacial score (nSPS) is 17.8. The molecule has 158 valence electrons. The minimum atomic E-state index is -0.203. The smallest absolute Gasteiger partial charge is 0.269 e. The minimum absolute atomic E-state index is 0.203. The molecule has 4 heteroatoms. The zero-order chi connectivity index (χ0) is 21.8. The third kappa shape index (κ3) is 4.24. The van der Waals surface area contributed by atoms with E-state index in [0.717, 1.165) is 23.3 Å². The van der Waals surface area contributed by atoms with Crippen LogP contribution in [0.2, 0.25) is 0 Å². The number of hydrogen-bond donors (Lipinski definition) is 1. The Bertz CT molecular complexity index is 1100. The van der Waals surface area contributed by atoms with E-state index < -0.39 is 0 Å². The van der Waals surface area contributed by atoms with Crippen LogP contribution < -0.4 is 10.1 Å². The maximum absolute atomic E-state index is 12.2. The summed E-state index contributed by atoms with van der Waals surface area (Å²) in [4.78, 5) is 16.3. The van der Waals surface area contributed by atoms with Gasteiger partial charge in [0, 0.05) is 25.6 Å². The highest BCUT2D eigenvalue weighted by atomic mass is 16.5. The van der Waals surface area contributed by atoms with Crippen molar-refractivity contribution in [2.75, 3.05) is 14.1 Å². The van der Waals surface area contributed by atoms with Gasteiger partial charge in [-0.25, -0.2) is 0 Å². The van der Waals surface area contributed by atoms with Gasteiger partial charge in [-0.05, 0) is 46.7 Å². The molecule has 0 radical (unpaired) electrons. The molecule has 0 fully saturated rings. The molecule has 31 heavy (non-hydrogen) atoms. The van der Waals surface area contributed by atoms with Gasteiger partial charge < -0.3 is 10.1 Å². The molecule has 3 aromatic carbocycles. The fourth-order valence-corrected chi connectivity index (χ4v) is 4.58. The van der Waals surface area contributed by atoms with E-state index in [9.17, 15) is 4.79 Å². The molecule has 2 atom stereocenters. The van der Waals surface area contributed by atoms with E-state index in [2.05, 4.69) is 53.6 Å². The standard InChI is InChI=1S/C27H28N2O2/c1-18-16-20-8-4-6-10-23(20)25(18)19-12-14-22(15-13-19)31-17-21-9-5-7-11-24(21)26(28-2)27(30)29-3/h4-15,18,25H,16-17H2,1-3H3,(H,29,30). The summed E-state index contributed by atoms with van der Waals surface area (Å²) in [5, 5.41) is 2.65. The monoisotopic (exact) mass is 412 g/mol. The van der Waals surface area contributed by atoms with E-state index >= 15 is 0 Å². The van der Waals surface area contributed by atoms with Crippen molar-refractivity contribution in [2.45, 2.75) is 25.9 Å². The number of hydrogen-bond acceptors (Lipinski definition) is 3. The second-order valence-corrected chi connectivity index (χ2v) is 8.02. The molecule has 1 amide bonds. The first kappa shape index (κ1) is 20.9. The van der Waals surface area contributed by atoms with Crippen LogP contribution in [0.1, 0.15) is 40.7 Å². The van der Waals surface area contributed by atoms with E-state index in [4.69, 9.17) is 4.74 Å². The van der Waals surface area contributed by atoms with Crippen LogP contribution >= 0.6 is 0 Å². The van der Waals surface area contributed by atoms with Gasteiger partial charge in [-0.15, -0.1) is 0 Å². The van der Waals surface area contributed by atoms with Crippen LogP contribution in [-0.2, 0) is 17.8 Å². The number of rotatable bonds is 6. The van der Waals surface area contributed by atoms with E-state index in [1.165, 1.54) is 16.7 Å².